The maximum atomic E-state index is 14.3. The smallest absolute Gasteiger partial charge is 0.261 e. The van der Waals surface area contributed by atoms with Crippen LogP contribution in [-0.2, 0) is 26.4 Å². The topological polar surface area (TPSA) is 90.3 Å². The molecule has 41 heavy (non-hydrogen) atoms. The molecule has 9 nitrogen and oxygen atoms in total. The monoisotopic (exact) mass is 613 g/mol. The molecule has 10 heteroatoms. The number of aromatic nitrogens is 6. The zero-order chi connectivity index (χ0) is 29.0. The number of benzene rings is 2. The fraction of sp³-hybridized carbons (Fsp3) is 0.323. The van der Waals surface area contributed by atoms with Crippen molar-refractivity contribution in [1.82, 2.24) is 33.8 Å². The Hall–Kier alpha value is -4.05. The Morgan fingerprint density at radius 3 is 2.56 bits per heavy atom. The Balaban J connectivity index is 1.49. The molecule has 0 saturated heterocycles. The summed E-state index contributed by atoms with van der Waals surface area (Å²) in [6.45, 7) is 8.60. The number of carbonyl (C=O) groups is 1. The van der Waals surface area contributed by atoms with Crippen molar-refractivity contribution in [3.05, 3.63) is 97.8 Å². The van der Waals surface area contributed by atoms with Crippen molar-refractivity contribution >= 4 is 27.5 Å². The van der Waals surface area contributed by atoms with E-state index < -0.39 is 0 Å². The quantitative estimate of drug-likeness (QED) is 0.274. The third-order valence-electron chi connectivity index (χ3n) is 7.83. The molecule has 1 aliphatic rings. The molecule has 4 heterocycles. The Bertz CT molecular complexity index is 1850. The van der Waals surface area contributed by atoms with Gasteiger partial charge in [0.25, 0.3) is 11.5 Å². The summed E-state index contributed by atoms with van der Waals surface area (Å²) in [7, 11) is 1.90. The number of halogens is 1. The lowest BCUT2D eigenvalue weighted by atomic mass is 9.97. The molecule has 0 spiro atoms. The summed E-state index contributed by atoms with van der Waals surface area (Å²) in [6, 6.07) is 13.3. The van der Waals surface area contributed by atoms with Crippen LogP contribution in [0.15, 0.2) is 64.3 Å². The highest BCUT2D eigenvalue weighted by Crippen LogP contribution is 2.28. The molecule has 0 fully saturated rings. The molecular weight excluding hydrogens is 582 g/mol. The molecule has 5 aromatic rings. The van der Waals surface area contributed by atoms with Crippen molar-refractivity contribution in [2.75, 3.05) is 0 Å². The van der Waals surface area contributed by atoms with Crippen LogP contribution in [0.3, 0.4) is 0 Å². The summed E-state index contributed by atoms with van der Waals surface area (Å²) in [5.74, 6) is 1.08. The number of fused-ring (bicyclic) bond motifs is 3. The van der Waals surface area contributed by atoms with Gasteiger partial charge in [-0.1, -0.05) is 29.8 Å². The minimum atomic E-state index is -0.151. The average molecular weight is 615 g/mol. The lowest BCUT2D eigenvalue weighted by Crippen LogP contribution is -2.46. The highest BCUT2D eigenvalue weighted by Gasteiger charge is 2.33. The third-order valence-corrected chi connectivity index (χ3v) is 8.72. The molecule has 1 aliphatic heterocycles. The fourth-order valence-corrected chi connectivity index (χ4v) is 5.97. The van der Waals surface area contributed by atoms with Gasteiger partial charge in [0, 0.05) is 39.8 Å². The Morgan fingerprint density at radius 1 is 1.15 bits per heavy atom. The van der Waals surface area contributed by atoms with Gasteiger partial charge in [-0.2, -0.15) is 5.10 Å². The second kappa shape index (κ2) is 10.4. The molecule has 0 radical (unpaired) electrons. The van der Waals surface area contributed by atoms with E-state index in [1.807, 2.05) is 83.5 Å². The maximum absolute atomic E-state index is 14.3. The molecule has 1 atom stereocenters. The van der Waals surface area contributed by atoms with E-state index in [0.29, 0.717) is 30.0 Å². The lowest BCUT2D eigenvalue weighted by Gasteiger charge is -2.35. The zero-order valence-corrected chi connectivity index (χ0v) is 25.4. The average Bonchev–Trinajstić information content (AvgIpc) is 3.56. The number of nitrogens with zero attached hydrogens (tertiary/aromatic N) is 7. The summed E-state index contributed by atoms with van der Waals surface area (Å²) >= 11 is 3.52. The van der Waals surface area contributed by atoms with E-state index >= 15 is 0 Å². The maximum Gasteiger partial charge on any atom is 0.261 e. The third kappa shape index (κ3) is 4.69. The SMILES string of the molecule is Cc1cc(C(=O)N2Cc3c(c(=O)n(-c4ccc(-c5nncn5C)cc4)c4c(CC(C)C)cnn34)C[C@H]2C)ccc1Br. The van der Waals surface area contributed by atoms with Crippen LogP contribution in [0.2, 0.25) is 0 Å². The molecule has 1 amide bonds. The van der Waals surface area contributed by atoms with Gasteiger partial charge >= 0.3 is 0 Å². The normalized spacial score (nSPS) is 15.1. The van der Waals surface area contributed by atoms with Crippen LogP contribution in [0.5, 0.6) is 0 Å². The van der Waals surface area contributed by atoms with Crippen LogP contribution in [0.4, 0.5) is 0 Å². The Kier molecular flexibility index (Phi) is 6.89. The first-order chi connectivity index (χ1) is 19.6. The first-order valence-corrected chi connectivity index (χ1v) is 14.6. The summed E-state index contributed by atoms with van der Waals surface area (Å²) in [5.41, 5.74) is 6.45. The van der Waals surface area contributed by atoms with Gasteiger partial charge in [0.05, 0.1) is 24.1 Å². The number of carbonyl (C=O) groups excluding carboxylic acids is 1. The molecular formula is C31H32BrN7O2. The molecule has 0 bridgehead atoms. The summed E-state index contributed by atoms with van der Waals surface area (Å²) in [4.78, 5) is 29.8. The van der Waals surface area contributed by atoms with Gasteiger partial charge in [-0.3, -0.25) is 14.2 Å². The number of rotatable bonds is 5. The van der Waals surface area contributed by atoms with Crippen LogP contribution < -0.4 is 5.56 Å². The highest BCUT2D eigenvalue weighted by atomic mass is 79.9. The predicted octanol–water partition coefficient (Wildman–Crippen LogP) is 5.14. The van der Waals surface area contributed by atoms with Crippen LogP contribution >= 0.6 is 15.9 Å². The minimum Gasteiger partial charge on any atom is -0.330 e. The summed E-state index contributed by atoms with van der Waals surface area (Å²) in [6.07, 6.45) is 4.75. The van der Waals surface area contributed by atoms with Crippen molar-refractivity contribution in [3.63, 3.8) is 0 Å². The lowest BCUT2D eigenvalue weighted by molar-refractivity contribution is 0.0651. The van der Waals surface area contributed by atoms with Crippen LogP contribution in [0.25, 0.3) is 22.7 Å². The molecule has 210 valence electrons. The first-order valence-electron chi connectivity index (χ1n) is 13.8. The van der Waals surface area contributed by atoms with Gasteiger partial charge in [0.15, 0.2) is 5.82 Å². The van der Waals surface area contributed by atoms with E-state index in [1.54, 1.807) is 10.9 Å². The molecule has 0 saturated carbocycles. The molecule has 3 aromatic heterocycles. The van der Waals surface area contributed by atoms with Gasteiger partial charge in [0.1, 0.15) is 12.0 Å². The standard InChI is InChI=1S/C31H32BrN7O2/c1-18(2)12-23-15-34-39-27-16-37(30(40)22-8-11-26(32)19(3)13-22)20(4)14-25(27)31(41)38(29(23)39)24-9-6-21(7-10-24)28-35-33-17-36(28)5/h6-11,13,15,17-18,20H,12,14,16H2,1-5H3/t20-/m1/s1. The minimum absolute atomic E-state index is 0.0509. The number of aryl methyl sites for hydroxylation is 2. The van der Waals surface area contributed by atoms with Crippen molar-refractivity contribution in [2.24, 2.45) is 13.0 Å². The van der Waals surface area contributed by atoms with Gasteiger partial charge in [-0.05, 0) is 80.6 Å². The van der Waals surface area contributed by atoms with E-state index in [9.17, 15) is 9.59 Å². The highest BCUT2D eigenvalue weighted by molar-refractivity contribution is 9.10. The Morgan fingerprint density at radius 2 is 1.90 bits per heavy atom. The Labute approximate surface area is 246 Å². The first kappa shape index (κ1) is 27.1. The summed E-state index contributed by atoms with van der Waals surface area (Å²) in [5, 5.41) is 13.0. The second-order valence-electron chi connectivity index (χ2n) is 11.3. The van der Waals surface area contributed by atoms with Gasteiger partial charge in [-0.15, -0.1) is 10.2 Å². The van der Waals surface area contributed by atoms with Gasteiger partial charge in [0.2, 0.25) is 0 Å². The van der Waals surface area contributed by atoms with Gasteiger partial charge < -0.3 is 9.47 Å². The van der Waals surface area contributed by atoms with Crippen LogP contribution in [0.1, 0.15) is 53.5 Å². The fourth-order valence-electron chi connectivity index (χ4n) is 5.73. The summed E-state index contributed by atoms with van der Waals surface area (Å²) < 4.78 is 6.49. The van der Waals surface area contributed by atoms with E-state index in [4.69, 9.17) is 5.10 Å². The predicted molar refractivity (Wildman–Crippen MR) is 161 cm³/mol. The molecule has 0 N–H and O–H groups in total. The van der Waals surface area contributed by atoms with E-state index in [0.717, 1.165) is 50.4 Å². The van der Waals surface area contributed by atoms with Crippen molar-refractivity contribution in [1.29, 1.82) is 0 Å². The van der Waals surface area contributed by atoms with E-state index in [2.05, 4.69) is 40.0 Å². The second-order valence-corrected chi connectivity index (χ2v) is 12.2. The molecule has 0 unspecified atom stereocenters. The molecule has 6 rings (SSSR count). The number of hydrogen-bond donors (Lipinski definition) is 0. The van der Waals surface area contributed by atoms with Crippen LogP contribution in [0, 0.1) is 12.8 Å². The molecule has 0 aliphatic carbocycles. The van der Waals surface area contributed by atoms with E-state index in [1.165, 1.54) is 0 Å². The van der Waals surface area contributed by atoms with Crippen molar-refractivity contribution in [2.45, 2.75) is 53.1 Å². The van der Waals surface area contributed by atoms with Crippen molar-refractivity contribution in [3.8, 4) is 17.1 Å². The van der Waals surface area contributed by atoms with E-state index in [-0.39, 0.29) is 17.5 Å². The number of amides is 1. The largest absolute Gasteiger partial charge is 0.330 e. The molecule has 2 aromatic carbocycles. The van der Waals surface area contributed by atoms with Crippen LogP contribution in [-0.4, -0.2) is 45.8 Å². The number of hydrogen-bond acceptors (Lipinski definition) is 5. The van der Waals surface area contributed by atoms with Crippen molar-refractivity contribution < 1.29 is 4.79 Å². The zero-order valence-electron chi connectivity index (χ0n) is 23.8. The van der Waals surface area contributed by atoms with Gasteiger partial charge in [-0.25, -0.2) is 4.52 Å².